The molecule has 9 heteroatoms. The number of hydrogen-bond acceptors (Lipinski definition) is 5. The van der Waals surface area contributed by atoms with Crippen molar-refractivity contribution < 1.29 is 18.1 Å². The van der Waals surface area contributed by atoms with Crippen LogP contribution >= 0.6 is 11.8 Å². The molecule has 0 atom stereocenters. The Bertz CT molecular complexity index is 884. The van der Waals surface area contributed by atoms with E-state index in [2.05, 4.69) is 16.8 Å². The lowest BCUT2D eigenvalue weighted by Gasteiger charge is -2.32. The number of halogens is 3. The lowest BCUT2D eigenvalue weighted by Crippen LogP contribution is -2.44. The molecule has 2 aromatic rings. The Labute approximate surface area is 178 Å². The Kier molecular flexibility index (Phi) is 7.38. The molecule has 0 spiro atoms. The fourth-order valence-electron chi connectivity index (χ4n) is 3.39. The Morgan fingerprint density at radius 3 is 2.50 bits per heavy atom. The van der Waals surface area contributed by atoms with Crippen molar-refractivity contribution in [2.75, 3.05) is 39.8 Å². The van der Waals surface area contributed by atoms with E-state index in [1.54, 1.807) is 12.1 Å². The van der Waals surface area contributed by atoms with Gasteiger partial charge in [-0.1, -0.05) is 23.9 Å². The molecule has 1 aliphatic heterocycles. The third-order valence-corrected chi connectivity index (χ3v) is 6.20. The Hall–Kier alpha value is -2.10. The van der Waals surface area contributed by atoms with Gasteiger partial charge in [-0.15, -0.1) is 0 Å². The smallest absolute Gasteiger partial charge is 0.304 e. The van der Waals surface area contributed by atoms with Crippen molar-refractivity contribution in [2.45, 2.75) is 28.8 Å². The predicted molar refractivity (Wildman–Crippen MR) is 111 cm³/mol. The summed E-state index contributed by atoms with van der Waals surface area (Å²) in [4.78, 5) is 16.4. The minimum absolute atomic E-state index is 0.0745. The van der Waals surface area contributed by atoms with Crippen LogP contribution in [0.4, 0.5) is 18.9 Å². The SMILES string of the molecule is CN1CCN(CCCc2ccc(Sc3cccc(C(F)(F)F)c3)c([N+](=O)[O-])c2)CC1. The van der Waals surface area contributed by atoms with E-state index in [0.717, 1.165) is 75.0 Å². The van der Waals surface area contributed by atoms with Crippen LogP contribution in [0.1, 0.15) is 17.5 Å². The van der Waals surface area contributed by atoms with Crippen molar-refractivity contribution in [3.8, 4) is 0 Å². The van der Waals surface area contributed by atoms with Crippen LogP contribution in [0.2, 0.25) is 0 Å². The summed E-state index contributed by atoms with van der Waals surface area (Å²) in [6.07, 6.45) is -2.82. The highest BCUT2D eigenvalue weighted by molar-refractivity contribution is 7.99. The zero-order chi connectivity index (χ0) is 21.7. The molecule has 30 heavy (non-hydrogen) atoms. The molecule has 1 fully saturated rings. The van der Waals surface area contributed by atoms with E-state index in [1.807, 2.05) is 6.07 Å². The van der Waals surface area contributed by atoms with Gasteiger partial charge >= 0.3 is 6.18 Å². The Balaban J connectivity index is 1.66. The number of benzene rings is 2. The first kappa shape index (κ1) is 22.6. The molecule has 1 heterocycles. The van der Waals surface area contributed by atoms with Crippen LogP contribution in [0, 0.1) is 10.1 Å². The van der Waals surface area contributed by atoms with Gasteiger partial charge in [-0.3, -0.25) is 10.1 Å². The maximum Gasteiger partial charge on any atom is 0.416 e. The molecule has 0 unspecified atom stereocenters. The molecular formula is C21H24F3N3O2S. The van der Waals surface area contributed by atoms with E-state index in [0.29, 0.717) is 9.79 Å². The van der Waals surface area contributed by atoms with Gasteiger partial charge in [0, 0.05) is 37.1 Å². The molecule has 1 saturated heterocycles. The van der Waals surface area contributed by atoms with Crippen LogP contribution in [-0.2, 0) is 12.6 Å². The minimum atomic E-state index is -4.45. The van der Waals surface area contributed by atoms with Gasteiger partial charge in [0.15, 0.2) is 0 Å². The second-order valence-corrected chi connectivity index (χ2v) is 8.55. The third-order valence-electron chi connectivity index (χ3n) is 5.14. The second-order valence-electron chi connectivity index (χ2n) is 7.44. The standard InChI is InChI=1S/C21H24F3N3O2S/c1-25-10-12-26(13-11-25)9-3-4-16-7-8-20(19(14-16)27(28)29)30-18-6-2-5-17(15-18)21(22,23)24/h2,5-8,14-15H,3-4,9-13H2,1H3. The number of aryl methyl sites for hydroxylation is 1. The average molecular weight is 440 g/mol. The average Bonchev–Trinajstić information content (AvgIpc) is 2.70. The zero-order valence-corrected chi connectivity index (χ0v) is 17.5. The van der Waals surface area contributed by atoms with Crippen molar-refractivity contribution in [2.24, 2.45) is 0 Å². The summed E-state index contributed by atoms with van der Waals surface area (Å²) in [5, 5.41) is 11.5. The van der Waals surface area contributed by atoms with Crippen LogP contribution in [0.25, 0.3) is 0 Å². The number of piperazine rings is 1. The first-order valence-corrected chi connectivity index (χ1v) is 10.6. The number of likely N-dealkylation sites (N-methyl/N-ethyl adjacent to an activating group) is 1. The van der Waals surface area contributed by atoms with Gasteiger partial charge < -0.3 is 9.80 Å². The van der Waals surface area contributed by atoms with Gasteiger partial charge in [0.05, 0.1) is 15.4 Å². The molecule has 0 N–H and O–H groups in total. The fraction of sp³-hybridized carbons (Fsp3) is 0.429. The monoisotopic (exact) mass is 439 g/mol. The van der Waals surface area contributed by atoms with E-state index in [-0.39, 0.29) is 5.69 Å². The summed E-state index contributed by atoms with van der Waals surface area (Å²) in [6, 6.07) is 9.83. The van der Waals surface area contributed by atoms with E-state index in [1.165, 1.54) is 12.1 Å². The molecule has 0 aromatic heterocycles. The minimum Gasteiger partial charge on any atom is -0.304 e. The molecule has 0 amide bonds. The van der Waals surface area contributed by atoms with Gasteiger partial charge in [-0.2, -0.15) is 13.2 Å². The Morgan fingerprint density at radius 2 is 1.83 bits per heavy atom. The van der Waals surface area contributed by atoms with Crippen LogP contribution < -0.4 is 0 Å². The van der Waals surface area contributed by atoms with Gasteiger partial charge in [0.25, 0.3) is 5.69 Å². The molecule has 1 aliphatic rings. The zero-order valence-electron chi connectivity index (χ0n) is 16.7. The summed E-state index contributed by atoms with van der Waals surface area (Å²) < 4.78 is 38.7. The molecule has 0 radical (unpaired) electrons. The normalized spacial score (nSPS) is 16.0. The lowest BCUT2D eigenvalue weighted by atomic mass is 10.1. The van der Waals surface area contributed by atoms with Gasteiger partial charge in [-0.05, 0) is 56.3 Å². The molecular weight excluding hydrogens is 415 g/mol. The summed E-state index contributed by atoms with van der Waals surface area (Å²) >= 11 is 0.974. The maximum absolute atomic E-state index is 12.9. The summed E-state index contributed by atoms with van der Waals surface area (Å²) in [6.45, 7) is 5.11. The first-order chi connectivity index (χ1) is 14.2. The number of nitro benzene ring substituents is 1. The van der Waals surface area contributed by atoms with Crippen LogP contribution in [0.5, 0.6) is 0 Å². The number of hydrogen-bond donors (Lipinski definition) is 0. The van der Waals surface area contributed by atoms with E-state index < -0.39 is 16.7 Å². The topological polar surface area (TPSA) is 49.6 Å². The summed E-state index contributed by atoms with van der Waals surface area (Å²) in [5.41, 5.74) is 0.0226. The molecule has 3 rings (SSSR count). The van der Waals surface area contributed by atoms with Crippen LogP contribution in [0.3, 0.4) is 0 Å². The molecule has 0 saturated carbocycles. The van der Waals surface area contributed by atoms with Crippen molar-refractivity contribution in [3.05, 3.63) is 63.7 Å². The number of nitro groups is 1. The highest BCUT2D eigenvalue weighted by Gasteiger charge is 2.30. The molecule has 0 bridgehead atoms. The van der Waals surface area contributed by atoms with Gasteiger partial charge in [0.2, 0.25) is 0 Å². The largest absolute Gasteiger partial charge is 0.416 e. The van der Waals surface area contributed by atoms with E-state index >= 15 is 0 Å². The van der Waals surface area contributed by atoms with Crippen molar-refractivity contribution in [1.82, 2.24) is 9.80 Å². The molecule has 0 aliphatic carbocycles. The lowest BCUT2D eigenvalue weighted by molar-refractivity contribution is -0.387. The number of alkyl halides is 3. The molecule has 2 aromatic carbocycles. The van der Waals surface area contributed by atoms with Crippen molar-refractivity contribution >= 4 is 17.4 Å². The van der Waals surface area contributed by atoms with Gasteiger partial charge in [0.1, 0.15) is 0 Å². The van der Waals surface area contributed by atoms with Crippen LogP contribution in [-0.4, -0.2) is 54.5 Å². The predicted octanol–water partition coefficient (Wildman–Crippen LogP) is 4.94. The quantitative estimate of drug-likeness (QED) is 0.452. The molecule has 5 nitrogen and oxygen atoms in total. The van der Waals surface area contributed by atoms with E-state index in [9.17, 15) is 23.3 Å². The van der Waals surface area contributed by atoms with Crippen LogP contribution in [0.15, 0.2) is 52.3 Å². The second kappa shape index (κ2) is 9.80. The Morgan fingerprint density at radius 1 is 1.10 bits per heavy atom. The van der Waals surface area contributed by atoms with Crippen molar-refractivity contribution in [3.63, 3.8) is 0 Å². The first-order valence-electron chi connectivity index (χ1n) is 9.76. The maximum atomic E-state index is 12.9. The van der Waals surface area contributed by atoms with Crippen molar-refractivity contribution in [1.29, 1.82) is 0 Å². The number of nitrogens with zero attached hydrogens (tertiary/aromatic N) is 3. The highest BCUT2D eigenvalue weighted by Crippen LogP contribution is 2.38. The summed E-state index contributed by atoms with van der Waals surface area (Å²) in [7, 11) is 2.11. The third kappa shape index (κ3) is 6.20. The highest BCUT2D eigenvalue weighted by atomic mass is 32.2. The number of rotatable bonds is 7. The molecule has 162 valence electrons. The van der Waals surface area contributed by atoms with E-state index in [4.69, 9.17) is 0 Å². The summed E-state index contributed by atoms with van der Waals surface area (Å²) in [5.74, 6) is 0. The van der Waals surface area contributed by atoms with Gasteiger partial charge in [-0.25, -0.2) is 0 Å². The fourth-order valence-corrected chi connectivity index (χ4v) is 4.35.